The molecule has 2 aromatic rings. The molecule has 0 bridgehead atoms. The second kappa shape index (κ2) is 9.17. The van der Waals surface area contributed by atoms with Gasteiger partial charge in [-0.1, -0.05) is 37.2 Å². The molecule has 0 fully saturated rings. The van der Waals surface area contributed by atoms with Gasteiger partial charge in [0.1, 0.15) is 18.0 Å². The predicted molar refractivity (Wildman–Crippen MR) is 104 cm³/mol. The molecule has 1 aromatic carbocycles. The monoisotopic (exact) mass is 392 g/mol. The molecule has 1 heterocycles. The molecule has 5 nitrogen and oxygen atoms in total. The van der Waals surface area contributed by atoms with Gasteiger partial charge in [0.2, 0.25) is 0 Å². The van der Waals surface area contributed by atoms with Crippen LogP contribution in [-0.4, -0.2) is 21.1 Å². The maximum absolute atomic E-state index is 13.0. The van der Waals surface area contributed by atoms with Crippen molar-refractivity contribution in [2.45, 2.75) is 63.6 Å². The zero-order valence-electron chi connectivity index (χ0n) is 16.1. The molecule has 2 rings (SSSR count). The van der Waals surface area contributed by atoms with Crippen molar-refractivity contribution < 1.29 is 13.9 Å². The van der Waals surface area contributed by atoms with Crippen LogP contribution in [0.3, 0.4) is 0 Å². The Morgan fingerprint density at radius 1 is 1.26 bits per heavy atom. The average Bonchev–Trinajstić information content (AvgIpc) is 2.56. The summed E-state index contributed by atoms with van der Waals surface area (Å²) in [6.07, 6.45) is 3.10. The molecular weight excluding hydrogens is 367 g/mol. The highest BCUT2D eigenvalue weighted by atomic mass is 32.2. The van der Waals surface area contributed by atoms with E-state index in [9.17, 15) is 14.0 Å². The van der Waals surface area contributed by atoms with E-state index in [0.29, 0.717) is 22.9 Å². The van der Waals surface area contributed by atoms with Gasteiger partial charge in [0, 0.05) is 17.5 Å². The summed E-state index contributed by atoms with van der Waals surface area (Å²) >= 11 is 1.33. The number of hydrogen-bond acceptors (Lipinski definition) is 5. The number of carbonyl (C=O) groups is 1. The zero-order chi connectivity index (χ0) is 20.0. The molecule has 0 saturated heterocycles. The molecule has 0 aliphatic rings. The number of carbonyl (C=O) groups excluding carboxylic acids is 1. The molecule has 1 aromatic heterocycles. The Balaban J connectivity index is 2.24. The summed E-state index contributed by atoms with van der Waals surface area (Å²) in [6.45, 7) is 7.38. The molecule has 0 aliphatic carbocycles. The van der Waals surface area contributed by atoms with Gasteiger partial charge in [-0.05, 0) is 44.9 Å². The van der Waals surface area contributed by atoms with Crippen molar-refractivity contribution in [2.24, 2.45) is 0 Å². The highest BCUT2D eigenvalue weighted by molar-refractivity contribution is 7.98. The van der Waals surface area contributed by atoms with Gasteiger partial charge in [0.05, 0.1) is 0 Å². The van der Waals surface area contributed by atoms with Crippen LogP contribution in [-0.2, 0) is 28.2 Å². The molecule has 0 aliphatic heterocycles. The van der Waals surface area contributed by atoms with Gasteiger partial charge in [-0.15, -0.1) is 0 Å². The fourth-order valence-electron chi connectivity index (χ4n) is 2.43. The molecule has 0 radical (unpaired) electrons. The van der Waals surface area contributed by atoms with E-state index in [4.69, 9.17) is 4.74 Å². The third-order valence-electron chi connectivity index (χ3n) is 3.55. The number of halogens is 1. The van der Waals surface area contributed by atoms with Crippen LogP contribution in [0.25, 0.3) is 0 Å². The second-order valence-electron chi connectivity index (χ2n) is 7.23. The summed E-state index contributed by atoms with van der Waals surface area (Å²) in [5.74, 6) is -0.180. The first-order valence-electron chi connectivity index (χ1n) is 8.87. The lowest BCUT2D eigenvalue weighted by atomic mass is 10.2. The number of ether oxygens (including phenoxy) is 1. The zero-order valence-corrected chi connectivity index (χ0v) is 16.9. The lowest BCUT2D eigenvalue weighted by molar-refractivity contribution is -0.155. The molecule has 0 unspecified atom stereocenters. The number of benzene rings is 1. The standard InChI is InChI=1S/C20H25FN2O3S/c1-5-6-15-11-23(12-17(24)26-20(2,3)4)19(22-18(15)25)27-13-14-7-9-16(21)10-8-14/h7-11H,5-6,12-13H2,1-4H3. The predicted octanol–water partition coefficient (Wildman–Crippen LogP) is 3.97. The van der Waals surface area contributed by atoms with Gasteiger partial charge in [-0.25, -0.2) is 4.39 Å². The topological polar surface area (TPSA) is 61.2 Å². The molecule has 0 N–H and O–H groups in total. The van der Waals surface area contributed by atoms with E-state index >= 15 is 0 Å². The number of aromatic nitrogens is 2. The molecule has 7 heteroatoms. The summed E-state index contributed by atoms with van der Waals surface area (Å²) in [5, 5.41) is 0.440. The van der Waals surface area contributed by atoms with E-state index in [1.54, 1.807) is 43.7 Å². The van der Waals surface area contributed by atoms with Crippen molar-refractivity contribution in [1.29, 1.82) is 0 Å². The maximum Gasteiger partial charge on any atom is 0.326 e. The molecule has 0 saturated carbocycles. The summed E-state index contributed by atoms with van der Waals surface area (Å²) in [4.78, 5) is 28.7. The SMILES string of the molecule is CCCc1cn(CC(=O)OC(C)(C)C)c(SCc2ccc(F)cc2)nc1=O. The van der Waals surface area contributed by atoms with Crippen LogP contribution in [0.2, 0.25) is 0 Å². The van der Waals surface area contributed by atoms with Crippen molar-refractivity contribution in [3.8, 4) is 0 Å². The third kappa shape index (κ3) is 6.82. The van der Waals surface area contributed by atoms with E-state index in [0.717, 1.165) is 12.0 Å². The lowest BCUT2D eigenvalue weighted by Gasteiger charge is -2.21. The van der Waals surface area contributed by atoms with Gasteiger partial charge in [-0.3, -0.25) is 9.59 Å². The summed E-state index contributed by atoms with van der Waals surface area (Å²) in [6, 6.07) is 6.15. The van der Waals surface area contributed by atoms with Crippen LogP contribution in [0.1, 0.15) is 45.2 Å². The minimum atomic E-state index is -0.586. The lowest BCUT2D eigenvalue weighted by Crippen LogP contribution is -2.28. The third-order valence-corrected chi connectivity index (χ3v) is 4.61. The van der Waals surface area contributed by atoms with Gasteiger partial charge < -0.3 is 9.30 Å². The van der Waals surface area contributed by atoms with Crippen LogP contribution >= 0.6 is 11.8 Å². The first-order chi connectivity index (χ1) is 12.7. The summed E-state index contributed by atoms with van der Waals surface area (Å²) in [7, 11) is 0. The van der Waals surface area contributed by atoms with Crippen molar-refractivity contribution in [3.63, 3.8) is 0 Å². The van der Waals surface area contributed by atoms with E-state index in [2.05, 4.69) is 4.98 Å². The van der Waals surface area contributed by atoms with Crippen molar-refractivity contribution >= 4 is 17.7 Å². The molecule has 27 heavy (non-hydrogen) atoms. The van der Waals surface area contributed by atoms with E-state index in [1.807, 2.05) is 6.92 Å². The number of rotatable bonds is 7. The van der Waals surface area contributed by atoms with Gasteiger partial charge in [0.25, 0.3) is 5.56 Å². The molecule has 0 atom stereocenters. The van der Waals surface area contributed by atoms with Crippen LogP contribution in [0.15, 0.2) is 40.4 Å². The normalized spacial score (nSPS) is 11.4. The number of hydrogen-bond donors (Lipinski definition) is 0. The van der Waals surface area contributed by atoms with Crippen molar-refractivity contribution in [1.82, 2.24) is 9.55 Å². The van der Waals surface area contributed by atoms with Crippen LogP contribution in [0, 0.1) is 5.82 Å². The Bertz CT molecular complexity index is 842. The second-order valence-corrected chi connectivity index (χ2v) is 8.18. The first-order valence-corrected chi connectivity index (χ1v) is 9.86. The Kier molecular flexibility index (Phi) is 7.18. The highest BCUT2D eigenvalue weighted by Crippen LogP contribution is 2.21. The van der Waals surface area contributed by atoms with Crippen LogP contribution < -0.4 is 5.56 Å². The largest absolute Gasteiger partial charge is 0.459 e. The van der Waals surface area contributed by atoms with E-state index in [-0.39, 0.29) is 23.9 Å². The minimum absolute atomic E-state index is 0.0208. The van der Waals surface area contributed by atoms with Gasteiger partial charge >= 0.3 is 5.97 Å². The summed E-state index contributed by atoms with van der Waals surface area (Å²) in [5.41, 5.74) is 0.611. The van der Waals surface area contributed by atoms with E-state index in [1.165, 1.54) is 23.9 Å². The number of thioether (sulfide) groups is 1. The quantitative estimate of drug-likeness (QED) is 0.405. The number of nitrogens with zero attached hydrogens (tertiary/aromatic N) is 2. The number of aryl methyl sites for hydroxylation is 1. The van der Waals surface area contributed by atoms with Crippen molar-refractivity contribution in [2.75, 3.05) is 0 Å². The molecule has 0 amide bonds. The van der Waals surface area contributed by atoms with Crippen LogP contribution in [0.5, 0.6) is 0 Å². The smallest absolute Gasteiger partial charge is 0.326 e. The Hall–Kier alpha value is -2.15. The van der Waals surface area contributed by atoms with E-state index < -0.39 is 5.60 Å². The molecule has 146 valence electrons. The van der Waals surface area contributed by atoms with Gasteiger partial charge in [-0.2, -0.15) is 4.98 Å². The van der Waals surface area contributed by atoms with Crippen LogP contribution in [0.4, 0.5) is 4.39 Å². The summed E-state index contributed by atoms with van der Waals surface area (Å²) < 4.78 is 20.1. The maximum atomic E-state index is 13.0. The Morgan fingerprint density at radius 3 is 2.52 bits per heavy atom. The Labute approximate surface area is 163 Å². The van der Waals surface area contributed by atoms with Crippen molar-refractivity contribution in [3.05, 3.63) is 57.8 Å². The first kappa shape index (κ1) is 21.2. The number of esters is 1. The fraction of sp³-hybridized carbons (Fsp3) is 0.450. The fourth-order valence-corrected chi connectivity index (χ4v) is 3.35. The molecule has 0 spiro atoms. The highest BCUT2D eigenvalue weighted by Gasteiger charge is 2.18. The Morgan fingerprint density at radius 2 is 1.93 bits per heavy atom. The molecular formula is C20H25FN2O3S. The van der Waals surface area contributed by atoms with Gasteiger partial charge in [0.15, 0.2) is 5.16 Å². The average molecular weight is 392 g/mol. The minimum Gasteiger partial charge on any atom is -0.459 e.